The van der Waals surface area contributed by atoms with Crippen molar-refractivity contribution in [2.75, 3.05) is 0 Å². The molecule has 0 bridgehead atoms. The van der Waals surface area contributed by atoms with E-state index in [2.05, 4.69) is 0 Å². The van der Waals surface area contributed by atoms with Gasteiger partial charge in [0, 0.05) is 29.1 Å². The van der Waals surface area contributed by atoms with E-state index in [-0.39, 0.29) is 23.1 Å². The summed E-state index contributed by atoms with van der Waals surface area (Å²) in [5, 5.41) is 8.29. The van der Waals surface area contributed by atoms with E-state index in [1.54, 1.807) is 6.08 Å². The third-order valence-corrected chi connectivity index (χ3v) is 1.22. The maximum atomic E-state index is 10.1. The number of carboxylic acid groups (broad SMARTS) is 1. The Morgan fingerprint density at radius 2 is 1.83 bits per heavy atom. The molecule has 1 aromatic rings. The minimum Gasteiger partial charge on any atom is -0.478 e. The molecule has 0 aliphatic rings. The number of aliphatic carboxylic acids is 1. The standard InChI is InChI=1S/C9H8O2.Mg/c10-9(11)7-6-8-4-2-1-3-5-8;/h1-7H,(H,10,11);/b7-6+;. The first-order valence-corrected chi connectivity index (χ1v) is 3.25. The van der Waals surface area contributed by atoms with Crippen LogP contribution in [0.1, 0.15) is 5.56 Å². The zero-order valence-electron chi connectivity index (χ0n) is 6.60. The molecule has 0 aromatic heterocycles. The van der Waals surface area contributed by atoms with Crippen molar-refractivity contribution in [2.24, 2.45) is 0 Å². The molecule has 1 aromatic carbocycles. The van der Waals surface area contributed by atoms with E-state index in [0.717, 1.165) is 11.6 Å². The Morgan fingerprint density at radius 3 is 2.33 bits per heavy atom. The second kappa shape index (κ2) is 5.80. The zero-order valence-corrected chi connectivity index (χ0v) is 8.02. The smallest absolute Gasteiger partial charge is 0.328 e. The molecule has 0 aliphatic heterocycles. The van der Waals surface area contributed by atoms with Gasteiger partial charge in [-0.15, -0.1) is 0 Å². The van der Waals surface area contributed by atoms with Crippen molar-refractivity contribution in [2.45, 2.75) is 0 Å². The van der Waals surface area contributed by atoms with Gasteiger partial charge in [0.1, 0.15) is 0 Å². The van der Waals surface area contributed by atoms with Gasteiger partial charge >= 0.3 is 5.97 Å². The van der Waals surface area contributed by atoms with Crippen LogP contribution in [-0.2, 0) is 4.79 Å². The molecular formula is C9H8MgO2. The zero-order chi connectivity index (χ0) is 8.10. The number of benzene rings is 1. The van der Waals surface area contributed by atoms with Crippen LogP contribution in [-0.4, -0.2) is 34.1 Å². The Kier molecular flexibility index (Phi) is 5.41. The summed E-state index contributed by atoms with van der Waals surface area (Å²) < 4.78 is 0. The van der Waals surface area contributed by atoms with E-state index in [4.69, 9.17) is 5.11 Å². The molecule has 0 spiro atoms. The van der Waals surface area contributed by atoms with Crippen LogP contribution < -0.4 is 0 Å². The highest BCUT2D eigenvalue weighted by Gasteiger charge is 1.85. The molecule has 2 nitrogen and oxygen atoms in total. The second-order valence-corrected chi connectivity index (χ2v) is 2.08. The largest absolute Gasteiger partial charge is 0.478 e. The third-order valence-electron chi connectivity index (χ3n) is 1.22. The first-order chi connectivity index (χ1) is 5.29. The third kappa shape index (κ3) is 4.15. The molecule has 0 amide bonds. The maximum absolute atomic E-state index is 10.1. The van der Waals surface area contributed by atoms with Crippen molar-refractivity contribution in [1.29, 1.82) is 0 Å². The van der Waals surface area contributed by atoms with Gasteiger partial charge in [0.05, 0.1) is 0 Å². The SMILES string of the molecule is O=C(O)/C=C/c1ccccc1.[Mg]. The first-order valence-electron chi connectivity index (χ1n) is 3.25. The predicted octanol–water partition coefficient (Wildman–Crippen LogP) is 1.40. The van der Waals surface area contributed by atoms with Crippen LogP contribution in [0, 0.1) is 0 Å². The van der Waals surface area contributed by atoms with Crippen LogP contribution in [0.5, 0.6) is 0 Å². The number of carboxylic acids is 1. The number of hydrogen-bond acceptors (Lipinski definition) is 1. The van der Waals surface area contributed by atoms with E-state index in [1.165, 1.54) is 0 Å². The summed E-state index contributed by atoms with van der Waals surface area (Å²) >= 11 is 0. The highest BCUT2D eigenvalue weighted by molar-refractivity contribution is 5.85. The Morgan fingerprint density at radius 1 is 1.25 bits per heavy atom. The van der Waals surface area contributed by atoms with Crippen molar-refractivity contribution in [3.63, 3.8) is 0 Å². The molecule has 1 N–H and O–H groups in total. The molecule has 0 saturated heterocycles. The summed E-state index contributed by atoms with van der Waals surface area (Å²) in [5.74, 6) is -0.922. The molecule has 0 fully saturated rings. The molecule has 0 unspecified atom stereocenters. The Bertz CT molecular complexity index is 267. The summed E-state index contributed by atoms with van der Waals surface area (Å²) in [7, 11) is 0. The second-order valence-electron chi connectivity index (χ2n) is 2.08. The predicted molar refractivity (Wildman–Crippen MR) is 48.9 cm³/mol. The minimum atomic E-state index is -0.922. The van der Waals surface area contributed by atoms with E-state index < -0.39 is 5.97 Å². The molecule has 0 heterocycles. The van der Waals surface area contributed by atoms with Gasteiger partial charge in [0.25, 0.3) is 0 Å². The van der Waals surface area contributed by atoms with Gasteiger partial charge < -0.3 is 5.11 Å². The van der Waals surface area contributed by atoms with Crippen molar-refractivity contribution >= 4 is 35.1 Å². The number of carbonyl (C=O) groups is 1. The van der Waals surface area contributed by atoms with Crippen LogP contribution in [0.15, 0.2) is 36.4 Å². The summed E-state index contributed by atoms with van der Waals surface area (Å²) in [6, 6.07) is 9.31. The number of rotatable bonds is 2. The van der Waals surface area contributed by atoms with Gasteiger partial charge in [-0.3, -0.25) is 0 Å². The van der Waals surface area contributed by atoms with Crippen molar-refractivity contribution < 1.29 is 9.90 Å². The molecule has 0 aliphatic carbocycles. The van der Waals surface area contributed by atoms with Crippen molar-refractivity contribution in [3.05, 3.63) is 42.0 Å². The van der Waals surface area contributed by atoms with Crippen molar-refractivity contribution in [1.82, 2.24) is 0 Å². The highest BCUT2D eigenvalue weighted by atomic mass is 24.3. The lowest BCUT2D eigenvalue weighted by Crippen LogP contribution is -1.85. The highest BCUT2D eigenvalue weighted by Crippen LogP contribution is 1.99. The average Bonchev–Trinajstić information content (AvgIpc) is 2.03. The normalized spacial score (nSPS) is 9.33. The quantitative estimate of drug-likeness (QED) is 0.541. The van der Waals surface area contributed by atoms with Gasteiger partial charge in [-0.1, -0.05) is 30.3 Å². The minimum absolute atomic E-state index is 0. The monoisotopic (exact) mass is 172 g/mol. The molecular weight excluding hydrogens is 164 g/mol. The van der Waals surface area contributed by atoms with Crippen LogP contribution in [0.2, 0.25) is 0 Å². The van der Waals surface area contributed by atoms with Crippen LogP contribution in [0.3, 0.4) is 0 Å². The molecule has 12 heavy (non-hydrogen) atoms. The topological polar surface area (TPSA) is 37.3 Å². The molecule has 1 rings (SSSR count). The molecule has 0 saturated carbocycles. The fourth-order valence-electron chi connectivity index (χ4n) is 0.732. The fraction of sp³-hybridized carbons (Fsp3) is 0. The lowest BCUT2D eigenvalue weighted by molar-refractivity contribution is -0.131. The Labute approximate surface area is 87.1 Å². The van der Waals surface area contributed by atoms with Gasteiger partial charge in [-0.25, -0.2) is 4.79 Å². The fourth-order valence-corrected chi connectivity index (χ4v) is 0.732. The first kappa shape index (κ1) is 11.2. The summed E-state index contributed by atoms with van der Waals surface area (Å²) in [5.41, 5.74) is 0.898. The van der Waals surface area contributed by atoms with Gasteiger partial charge in [-0.2, -0.15) is 0 Å². The van der Waals surface area contributed by atoms with Gasteiger partial charge in [0.15, 0.2) is 0 Å². The van der Waals surface area contributed by atoms with E-state index in [9.17, 15) is 4.79 Å². The lowest BCUT2D eigenvalue weighted by atomic mass is 10.2. The van der Waals surface area contributed by atoms with E-state index in [0.29, 0.717) is 0 Å². The lowest BCUT2D eigenvalue weighted by Gasteiger charge is -1.87. The summed E-state index contributed by atoms with van der Waals surface area (Å²) in [6.45, 7) is 0. The Hall–Kier alpha value is -0.804. The molecule has 3 heteroatoms. The van der Waals surface area contributed by atoms with Gasteiger partial charge in [-0.05, 0) is 11.6 Å². The molecule has 0 atom stereocenters. The molecule has 58 valence electrons. The maximum Gasteiger partial charge on any atom is 0.328 e. The van der Waals surface area contributed by atoms with Crippen molar-refractivity contribution in [3.8, 4) is 0 Å². The van der Waals surface area contributed by atoms with Crippen LogP contribution in [0.4, 0.5) is 0 Å². The van der Waals surface area contributed by atoms with Crippen LogP contribution >= 0.6 is 0 Å². The molecule has 2 radical (unpaired) electrons. The Balaban J connectivity index is 0.00000121. The number of hydrogen-bond donors (Lipinski definition) is 1. The summed E-state index contributed by atoms with van der Waals surface area (Å²) in [4.78, 5) is 10.1. The average molecular weight is 172 g/mol. The van der Waals surface area contributed by atoms with Crippen LogP contribution in [0.25, 0.3) is 6.08 Å². The van der Waals surface area contributed by atoms with E-state index >= 15 is 0 Å². The summed E-state index contributed by atoms with van der Waals surface area (Å²) in [6.07, 6.45) is 2.68. The van der Waals surface area contributed by atoms with Gasteiger partial charge in [0.2, 0.25) is 0 Å². The van der Waals surface area contributed by atoms with E-state index in [1.807, 2.05) is 30.3 Å².